The lowest BCUT2D eigenvalue weighted by Gasteiger charge is -2.33. The Hall–Kier alpha value is -2.19. The lowest BCUT2D eigenvalue weighted by atomic mass is 9.99. The molecule has 1 heterocycles. The fourth-order valence-electron chi connectivity index (χ4n) is 3.83. The van der Waals surface area contributed by atoms with Gasteiger partial charge in [0.2, 0.25) is 0 Å². The van der Waals surface area contributed by atoms with Crippen molar-refractivity contribution in [3.05, 3.63) is 76.9 Å². The zero-order valence-corrected chi connectivity index (χ0v) is 13.2. The first-order valence-electron chi connectivity index (χ1n) is 8.49. The summed E-state index contributed by atoms with van der Waals surface area (Å²) in [4.78, 5) is 15.4. The Bertz CT molecular complexity index is 741. The molecule has 0 spiro atoms. The third kappa shape index (κ3) is 2.64. The van der Waals surface area contributed by atoms with Gasteiger partial charge >= 0.3 is 0 Å². The predicted octanol–water partition coefficient (Wildman–Crippen LogP) is 4.49. The van der Waals surface area contributed by atoms with E-state index in [4.69, 9.17) is 0 Å². The zero-order valence-electron chi connectivity index (χ0n) is 13.2. The van der Waals surface area contributed by atoms with Crippen molar-refractivity contribution in [1.82, 2.24) is 4.90 Å². The first-order valence-corrected chi connectivity index (χ1v) is 8.49. The maximum absolute atomic E-state index is 13.0. The molecule has 0 bridgehead atoms. The fourth-order valence-corrected chi connectivity index (χ4v) is 3.83. The number of Topliss-reactive ketones (excluding diaryl/α,β-unsaturated/α-hetero) is 1. The van der Waals surface area contributed by atoms with E-state index in [-0.39, 0.29) is 11.8 Å². The van der Waals surface area contributed by atoms with E-state index in [2.05, 4.69) is 35.2 Å². The molecular formula is C21H21NO. The first-order chi connectivity index (χ1) is 11.3. The standard InChI is InChI=1S/C21H21NO/c23-21-18-12-6-5-11-17(18)20(22-13-7-2-8-14-22)19(21)15-16-9-3-1-4-10-16/h1,3-6,9-12,15,20H,2,7-8,13-14H2/b19-15+/t20-/m0/s1. The van der Waals surface area contributed by atoms with Gasteiger partial charge in [-0.3, -0.25) is 9.69 Å². The van der Waals surface area contributed by atoms with E-state index in [0.29, 0.717) is 0 Å². The van der Waals surface area contributed by atoms with E-state index in [0.717, 1.165) is 29.8 Å². The number of benzene rings is 2. The first kappa shape index (κ1) is 14.4. The van der Waals surface area contributed by atoms with Crippen molar-refractivity contribution < 1.29 is 4.79 Å². The van der Waals surface area contributed by atoms with Gasteiger partial charge in [0.25, 0.3) is 0 Å². The molecule has 2 nitrogen and oxygen atoms in total. The van der Waals surface area contributed by atoms with Crippen molar-refractivity contribution in [2.24, 2.45) is 0 Å². The number of hydrogen-bond acceptors (Lipinski definition) is 2. The molecule has 0 N–H and O–H groups in total. The predicted molar refractivity (Wildman–Crippen MR) is 93.4 cm³/mol. The van der Waals surface area contributed by atoms with Gasteiger partial charge in [-0.25, -0.2) is 0 Å². The second-order valence-electron chi connectivity index (χ2n) is 6.43. The van der Waals surface area contributed by atoms with Gasteiger partial charge in [0.05, 0.1) is 6.04 Å². The molecule has 0 amide bonds. The summed E-state index contributed by atoms with van der Waals surface area (Å²) >= 11 is 0. The Labute approximate surface area is 137 Å². The molecule has 23 heavy (non-hydrogen) atoms. The SMILES string of the molecule is O=C1/C(=C/c2ccccc2)[C@@H](N2CCCCC2)c2ccccc21. The molecular weight excluding hydrogens is 282 g/mol. The van der Waals surface area contributed by atoms with Crippen molar-refractivity contribution in [1.29, 1.82) is 0 Å². The molecule has 4 rings (SSSR count). The van der Waals surface area contributed by atoms with Gasteiger partial charge in [0.1, 0.15) is 0 Å². The molecule has 2 heteroatoms. The average Bonchev–Trinajstić information content (AvgIpc) is 2.89. The Morgan fingerprint density at radius 3 is 2.35 bits per heavy atom. The number of hydrogen-bond donors (Lipinski definition) is 0. The molecule has 1 aliphatic heterocycles. The third-order valence-corrected chi connectivity index (χ3v) is 4.93. The maximum Gasteiger partial charge on any atom is 0.191 e. The Morgan fingerprint density at radius 1 is 0.870 bits per heavy atom. The van der Waals surface area contributed by atoms with E-state index in [1.165, 1.54) is 24.8 Å². The van der Waals surface area contributed by atoms with E-state index >= 15 is 0 Å². The minimum absolute atomic E-state index is 0.124. The fraction of sp³-hybridized carbons (Fsp3) is 0.286. The van der Waals surface area contributed by atoms with Crippen LogP contribution in [0.2, 0.25) is 0 Å². The summed E-state index contributed by atoms with van der Waals surface area (Å²) in [6, 6.07) is 18.4. The zero-order chi connectivity index (χ0) is 15.6. The van der Waals surface area contributed by atoms with E-state index < -0.39 is 0 Å². The number of piperidine rings is 1. The van der Waals surface area contributed by atoms with Crippen LogP contribution in [0.1, 0.15) is 46.8 Å². The van der Waals surface area contributed by atoms with Crippen LogP contribution in [0.3, 0.4) is 0 Å². The summed E-state index contributed by atoms with van der Waals surface area (Å²) in [6.45, 7) is 2.16. The largest absolute Gasteiger partial charge is 0.292 e. The number of carbonyl (C=O) groups excluding carboxylic acids is 1. The van der Waals surface area contributed by atoms with Crippen LogP contribution < -0.4 is 0 Å². The number of ketones is 1. The minimum Gasteiger partial charge on any atom is -0.292 e. The molecule has 2 aromatic rings. The minimum atomic E-state index is 0.124. The summed E-state index contributed by atoms with van der Waals surface area (Å²) in [6.07, 6.45) is 5.84. The quantitative estimate of drug-likeness (QED) is 0.762. The lowest BCUT2D eigenvalue weighted by Crippen LogP contribution is -2.33. The summed E-state index contributed by atoms with van der Waals surface area (Å²) < 4.78 is 0. The van der Waals surface area contributed by atoms with Crippen LogP contribution in [0.5, 0.6) is 0 Å². The number of rotatable bonds is 2. The van der Waals surface area contributed by atoms with Gasteiger partial charge in [-0.2, -0.15) is 0 Å². The van der Waals surface area contributed by atoms with Crippen molar-refractivity contribution in [2.75, 3.05) is 13.1 Å². The topological polar surface area (TPSA) is 20.3 Å². The van der Waals surface area contributed by atoms with Crippen LogP contribution in [-0.4, -0.2) is 23.8 Å². The van der Waals surface area contributed by atoms with Gasteiger partial charge in [0, 0.05) is 11.1 Å². The molecule has 1 aliphatic carbocycles. The number of carbonyl (C=O) groups is 1. The highest BCUT2D eigenvalue weighted by Crippen LogP contribution is 2.41. The highest BCUT2D eigenvalue weighted by Gasteiger charge is 2.38. The van der Waals surface area contributed by atoms with Crippen molar-refractivity contribution in [2.45, 2.75) is 25.3 Å². The van der Waals surface area contributed by atoms with E-state index in [1.807, 2.05) is 30.3 Å². The second-order valence-corrected chi connectivity index (χ2v) is 6.43. The third-order valence-electron chi connectivity index (χ3n) is 4.93. The van der Waals surface area contributed by atoms with Crippen molar-refractivity contribution in [3.8, 4) is 0 Å². The van der Waals surface area contributed by atoms with Crippen molar-refractivity contribution in [3.63, 3.8) is 0 Å². The summed E-state index contributed by atoms with van der Waals surface area (Å²) in [5.74, 6) is 0.194. The van der Waals surface area contributed by atoms with E-state index in [1.54, 1.807) is 0 Å². The highest BCUT2D eigenvalue weighted by atomic mass is 16.1. The molecule has 0 saturated carbocycles. The molecule has 0 radical (unpaired) electrons. The molecule has 1 fully saturated rings. The summed E-state index contributed by atoms with van der Waals surface area (Å²) in [5, 5.41) is 0. The van der Waals surface area contributed by atoms with Crippen LogP contribution >= 0.6 is 0 Å². The second kappa shape index (κ2) is 6.13. The van der Waals surface area contributed by atoms with Crippen LogP contribution in [0.25, 0.3) is 6.08 Å². The van der Waals surface area contributed by atoms with Crippen LogP contribution in [0.15, 0.2) is 60.2 Å². The highest BCUT2D eigenvalue weighted by molar-refractivity contribution is 6.16. The molecule has 1 atom stereocenters. The molecule has 0 unspecified atom stereocenters. The smallest absolute Gasteiger partial charge is 0.191 e. The molecule has 2 aliphatic rings. The van der Waals surface area contributed by atoms with Gasteiger partial charge < -0.3 is 0 Å². The number of fused-ring (bicyclic) bond motifs is 1. The molecule has 2 aromatic carbocycles. The molecule has 0 aromatic heterocycles. The summed E-state index contributed by atoms with van der Waals surface area (Å²) in [7, 11) is 0. The van der Waals surface area contributed by atoms with Gasteiger partial charge in [0.15, 0.2) is 5.78 Å². The Balaban J connectivity index is 1.80. The average molecular weight is 303 g/mol. The van der Waals surface area contributed by atoms with Crippen LogP contribution in [0.4, 0.5) is 0 Å². The molecule has 1 saturated heterocycles. The van der Waals surface area contributed by atoms with Gasteiger partial charge in [-0.15, -0.1) is 0 Å². The van der Waals surface area contributed by atoms with Crippen molar-refractivity contribution >= 4 is 11.9 Å². The monoisotopic (exact) mass is 303 g/mol. The lowest BCUT2D eigenvalue weighted by molar-refractivity contribution is 0.102. The van der Waals surface area contributed by atoms with Gasteiger partial charge in [-0.05, 0) is 43.1 Å². The molecule has 116 valence electrons. The normalized spacial score (nSPS) is 23.2. The number of likely N-dealkylation sites (tertiary alicyclic amines) is 1. The maximum atomic E-state index is 13.0. The number of nitrogens with zero attached hydrogens (tertiary/aromatic N) is 1. The van der Waals surface area contributed by atoms with E-state index in [9.17, 15) is 4.79 Å². The van der Waals surface area contributed by atoms with Crippen LogP contribution in [0, 0.1) is 0 Å². The Morgan fingerprint density at radius 2 is 1.57 bits per heavy atom. The Kier molecular flexibility index (Phi) is 3.84. The van der Waals surface area contributed by atoms with Gasteiger partial charge in [-0.1, -0.05) is 61.0 Å². The van der Waals surface area contributed by atoms with Crippen LogP contribution in [-0.2, 0) is 0 Å². The summed E-state index contributed by atoms with van der Waals surface area (Å²) in [5.41, 5.74) is 4.09.